The molecule has 0 atom stereocenters. The van der Waals surface area contributed by atoms with E-state index in [4.69, 9.17) is 10.8 Å². The molecule has 1 saturated carbocycles. The van der Waals surface area contributed by atoms with Gasteiger partial charge in [-0.15, -0.1) is 0 Å². The van der Waals surface area contributed by atoms with Gasteiger partial charge in [0.2, 0.25) is 0 Å². The van der Waals surface area contributed by atoms with Gasteiger partial charge in [-0.25, -0.2) is 0 Å². The van der Waals surface area contributed by atoms with E-state index in [0.29, 0.717) is 6.54 Å². The van der Waals surface area contributed by atoms with Gasteiger partial charge in [-0.05, 0) is 42.2 Å². The van der Waals surface area contributed by atoms with Crippen molar-refractivity contribution in [3.8, 4) is 0 Å². The summed E-state index contributed by atoms with van der Waals surface area (Å²) in [6.45, 7) is 2.68. The SMILES string of the molecule is CC[C@]1(Cc2ccccc2)C[C@](CN)(CC(=O)O)C1. The molecule has 0 unspecified atom stereocenters. The van der Waals surface area contributed by atoms with Crippen LogP contribution in [0.5, 0.6) is 0 Å². The van der Waals surface area contributed by atoms with Crippen molar-refractivity contribution in [1.29, 1.82) is 0 Å². The maximum absolute atomic E-state index is 11.0. The average Bonchev–Trinajstić information content (AvgIpc) is 2.36. The molecule has 1 aliphatic rings. The van der Waals surface area contributed by atoms with Crippen molar-refractivity contribution in [2.45, 2.75) is 39.0 Å². The highest BCUT2D eigenvalue weighted by Gasteiger charge is 2.53. The summed E-state index contributed by atoms with van der Waals surface area (Å²) in [5.74, 6) is -0.727. The van der Waals surface area contributed by atoms with Crippen molar-refractivity contribution in [2.75, 3.05) is 6.54 Å². The molecule has 0 radical (unpaired) electrons. The Balaban J connectivity index is 2.05. The number of carboxylic acid groups (broad SMARTS) is 1. The zero-order valence-electron chi connectivity index (χ0n) is 11.6. The summed E-state index contributed by atoms with van der Waals surface area (Å²) in [5, 5.41) is 9.02. The molecule has 3 nitrogen and oxygen atoms in total. The fourth-order valence-electron chi connectivity index (χ4n) is 3.73. The van der Waals surface area contributed by atoms with E-state index in [9.17, 15) is 4.79 Å². The van der Waals surface area contributed by atoms with Crippen LogP contribution in [0.4, 0.5) is 0 Å². The number of benzene rings is 1. The van der Waals surface area contributed by atoms with E-state index >= 15 is 0 Å². The van der Waals surface area contributed by atoms with Crippen LogP contribution in [-0.2, 0) is 11.2 Å². The maximum atomic E-state index is 11.0. The molecule has 0 amide bonds. The molecule has 1 aromatic carbocycles. The summed E-state index contributed by atoms with van der Waals surface area (Å²) in [7, 11) is 0. The Labute approximate surface area is 114 Å². The lowest BCUT2D eigenvalue weighted by Crippen LogP contribution is -2.52. The molecule has 19 heavy (non-hydrogen) atoms. The molecule has 3 heteroatoms. The van der Waals surface area contributed by atoms with Crippen molar-refractivity contribution in [3.63, 3.8) is 0 Å². The van der Waals surface area contributed by atoms with E-state index in [2.05, 4.69) is 31.2 Å². The Morgan fingerprint density at radius 1 is 1.26 bits per heavy atom. The van der Waals surface area contributed by atoms with Crippen LogP contribution >= 0.6 is 0 Å². The van der Waals surface area contributed by atoms with Gasteiger partial charge in [0.15, 0.2) is 0 Å². The van der Waals surface area contributed by atoms with E-state index in [0.717, 1.165) is 25.7 Å². The molecular formula is C16H23NO2. The number of rotatable bonds is 6. The first kappa shape index (κ1) is 14.1. The highest BCUT2D eigenvalue weighted by molar-refractivity contribution is 5.68. The summed E-state index contributed by atoms with van der Waals surface area (Å²) in [4.78, 5) is 11.0. The van der Waals surface area contributed by atoms with Gasteiger partial charge in [-0.3, -0.25) is 4.79 Å². The van der Waals surface area contributed by atoms with E-state index in [1.807, 2.05) is 6.07 Å². The monoisotopic (exact) mass is 261 g/mol. The number of nitrogens with two attached hydrogens (primary N) is 1. The number of hydrogen-bond donors (Lipinski definition) is 2. The van der Waals surface area contributed by atoms with Gasteiger partial charge in [0.1, 0.15) is 0 Å². The first-order valence-electron chi connectivity index (χ1n) is 6.99. The lowest BCUT2D eigenvalue weighted by molar-refractivity contribution is -0.145. The first-order valence-corrected chi connectivity index (χ1v) is 6.99. The van der Waals surface area contributed by atoms with Gasteiger partial charge < -0.3 is 10.8 Å². The topological polar surface area (TPSA) is 63.3 Å². The van der Waals surface area contributed by atoms with Crippen molar-refractivity contribution in [1.82, 2.24) is 0 Å². The summed E-state index contributed by atoms with van der Waals surface area (Å²) in [6, 6.07) is 10.4. The predicted molar refractivity (Wildman–Crippen MR) is 75.8 cm³/mol. The summed E-state index contributed by atoms with van der Waals surface area (Å²) in [5.41, 5.74) is 7.24. The fraction of sp³-hybridized carbons (Fsp3) is 0.562. The quantitative estimate of drug-likeness (QED) is 0.827. The number of carbonyl (C=O) groups is 1. The highest BCUT2D eigenvalue weighted by Crippen LogP contribution is 2.59. The Morgan fingerprint density at radius 3 is 2.37 bits per heavy atom. The molecule has 2 rings (SSSR count). The Kier molecular flexibility index (Phi) is 3.95. The van der Waals surface area contributed by atoms with Crippen molar-refractivity contribution < 1.29 is 9.90 Å². The third-order valence-corrected chi connectivity index (χ3v) is 4.63. The van der Waals surface area contributed by atoms with Gasteiger partial charge in [0, 0.05) is 0 Å². The van der Waals surface area contributed by atoms with Crippen LogP contribution in [-0.4, -0.2) is 17.6 Å². The second-order valence-corrected chi connectivity index (χ2v) is 6.14. The van der Waals surface area contributed by atoms with Gasteiger partial charge in [0.05, 0.1) is 6.42 Å². The minimum absolute atomic E-state index is 0.170. The van der Waals surface area contributed by atoms with Crippen LogP contribution < -0.4 is 5.73 Å². The summed E-state index contributed by atoms with van der Waals surface area (Å²) >= 11 is 0. The first-order chi connectivity index (χ1) is 9.03. The minimum atomic E-state index is -0.727. The summed E-state index contributed by atoms with van der Waals surface area (Å²) in [6.07, 6.45) is 4.21. The molecule has 0 heterocycles. The third kappa shape index (κ3) is 2.98. The van der Waals surface area contributed by atoms with Crippen LogP contribution in [0, 0.1) is 10.8 Å². The molecule has 1 aliphatic carbocycles. The Bertz CT molecular complexity index is 435. The standard InChI is InChI=1S/C16H23NO2/c1-2-15(8-13-6-4-3-5-7-13)10-16(11-15,12-17)9-14(18)19/h3-7H,2,8-12,17H2,1H3,(H,18,19)/t15-,16+. The highest BCUT2D eigenvalue weighted by atomic mass is 16.4. The van der Waals surface area contributed by atoms with Crippen LogP contribution in [0.1, 0.15) is 38.2 Å². The van der Waals surface area contributed by atoms with Crippen molar-refractivity contribution in [3.05, 3.63) is 35.9 Å². The van der Waals surface area contributed by atoms with Crippen LogP contribution in [0.3, 0.4) is 0 Å². The molecule has 3 N–H and O–H groups in total. The van der Waals surface area contributed by atoms with Crippen LogP contribution in [0.25, 0.3) is 0 Å². The van der Waals surface area contributed by atoms with Crippen molar-refractivity contribution in [2.24, 2.45) is 16.6 Å². The smallest absolute Gasteiger partial charge is 0.303 e. The predicted octanol–water partition coefficient (Wildman–Crippen LogP) is 2.84. The molecule has 0 aromatic heterocycles. The zero-order chi connectivity index (χ0) is 13.9. The van der Waals surface area contributed by atoms with Crippen LogP contribution in [0.2, 0.25) is 0 Å². The van der Waals surface area contributed by atoms with Crippen LogP contribution in [0.15, 0.2) is 30.3 Å². The van der Waals surface area contributed by atoms with Gasteiger partial charge >= 0.3 is 5.97 Å². The lowest BCUT2D eigenvalue weighted by Gasteiger charge is -2.56. The molecule has 0 aliphatic heterocycles. The lowest BCUT2D eigenvalue weighted by atomic mass is 9.49. The molecule has 1 aromatic rings. The second-order valence-electron chi connectivity index (χ2n) is 6.14. The molecule has 104 valence electrons. The summed E-state index contributed by atoms with van der Waals surface area (Å²) < 4.78 is 0. The molecular weight excluding hydrogens is 238 g/mol. The van der Waals surface area contributed by atoms with E-state index in [-0.39, 0.29) is 17.3 Å². The largest absolute Gasteiger partial charge is 0.481 e. The van der Waals surface area contributed by atoms with E-state index in [1.54, 1.807) is 0 Å². The number of aliphatic carboxylic acids is 1. The van der Waals surface area contributed by atoms with E-state index in [1.165, 1.54) is 5.56 Å². The fourth-order valence-corrected chi connectivity index (χ4v) is 3.73. The minimum Gasteiger partial charge on any atom is -0.481 e. The van der Waals surface area contributed by atoms with Crippen molar-refractivity contribution >= 4 is 5.97 Å². The molecule has 1 fully saturated rings. The maximum Gasteiger partial charge on any atom is 0.303 e. The second kappa shape index (κ2) is 5.33. The molecule has 0 saturated heterocycles. The Morgan fingerprint density at radius 2 is 1.89 bits per heavy atom. The average molecular weight is 261 g/mol. The van der Waals surface area contributed by atoms with Gasteiger partial charge in [-0.1, -0.05) is 43.7 Å². The number of hydrogen-bond acceptors (Lipinski definition) is 2. The molecule has 0 bridgehead atoms. The van der Waals surface area contributed by atoms with E-state index < -0.39 is 5.97 Å². The third-order valence-electron chi connectivity index (χ3n) is 4.63. The molecule has 0 spiro atoms. The normalized spacial score (nSPS) is 29.8. The number of carboxylic acids is 1. The Hall–Kier alpha value is -1.35. The van der Waals surface area contributed by atoms with Gasteiger partial charge in [-0.2, -0.15) is 0 Å². The van der Waals surface area contributed by atoms with Gasteiger partial charge in [0.25, 0.3) is 0 Å². The zero-order valence-corrected chi connectivity index (χ0v) is 11.6.